The monoisotopic (exact) mass is 300 g/mol. The SMILES string of the molecule is Cc1nn(-c2ccccc2)c(C)c1CC(=O)NC(C)(C)CN. The third-order valence-corrected chi connectivity index (χ3v) is 3.77. The average molecular weight is 300 g/mol. The Bertz CT molecular complexity index is 659. The fourth-order valence-electron chi connectivity index (χ4n) is 2.38. The standard InChI is InChI=1S/C17H24N4O/c1-12-15(10-16(22)19-17(3,4)11-18)13(2)21(20-12)14-8-6-5-7-9-14/h5-9H,10-11,18H2,1-4H3,(H,19,22). The van der Waals surface area contributed by atoms with Crippen molar-refractivity contribution >= 4 is 5.91 Å². The highest BCUT2D eigenvalue weighted by atomic mass is 16.1. The highest BCUT2D eigenvalue weighted by Gasteiger charge is 2.21. The summed E-state index contributed by atoms with van der Waals surface area (Å²) in [5.74, 6) is -0.0331. The summed E-state index contributed by atoms with van der Waals surface area (Å²) < 4.78 is 1.88. The van der Waals surface area contributed by atoms with Gasteiger partial charge in [0, 0.05) is 23.3 Å². The number of hydrogen-bond acceptors (Lipinski definition) is 3. The number of aryl methyl sites for hydroxylation is 1. The number of carbonyl (C=O) groups excluding carboxylic acids is 1. The topological polar surface area (TPSA) is 72.9 Å². The van der Waals surface area contributed by atoms with Crippen LogP contribution in [0.3, 0.4) is 0 Å². The van der Waals surface area contributed by atoms with Crippen LogP contribution in [-0.4, -0.2) is 27.8 Å². The molecule has 0 fully saturated rings. The molecule has 0 bridgehead atoms. The number of nitrogens with one attached hydrogen (secondary N) is 1. The Morgan fingerprint density at radius 3 is 2.50 bits per heavy atom. The second-order valence-electron chi connectivity index (χ2n) is 6.21. The van der Waals surface area contributed by atoms with Crippen molar-refractivity contribution in [2.75, 3.05) is 6.54 Å². The minimum Gasteiger partial charge on any atom is -0.350 e. The first-order valence-corrected chi connectivity index (χ1v) is 7.45. The Morgan fingerprint density at radius 2 is 1.91 bits per heavy atom. The van der Waals surface area contributed by atoms with Crippen molar-refractivity contribution < 1.29 is 4.79 Å². The van der Waals surface area contributed by atoms with Gasteiger partial charge in [0.25, 0.3) is 0 Å². The maximum atomic E-state index is 12.2. The Hall–Kier alpha value is -2.14. The fourth-order valence-corrected chi connectivity index (χ4v) is 2.38. The molecule has 0 saturated heterocycles. The van der Waals surface area contributed by atoms with E-state index < -0.39 is 5.54 Å². The molecule has 0 atom stereocenters. The van der Waals surface area contributed by atoms with E-state index in [2.05, 4.69) is 10.4 Å². The summed E-state index contributed by atoms with van der Waals surface area (Å²) in [7, 11) is 0. The Kier molecular flexibility index (Phi) is 4.66. The van der Waals surface area contributed by atoms with E-state index >= 15 is 0 Å². The molecule has 1 aromatic carbocycles. The number of amides is 1. The summed E-state index contributed by atoms with van der Waals surface area (Å²) in [4.78, 5) is 12.2. The first-order valence-electron chi connectivity index (χ1n) is 7.45. The molecule has 1 heterocycles. The van der Waals surface area contributed by atoms with Gasteiger partial charge in [0.2, 0.25) is 5.91 Å². The van der Waals surface area contributed by atoms with E-state index in [0.717, 1.165) is 22.6 Å². The Morgan fingerprint density at radius 1 is 1.27 bits per heavy atom. The molecule has 5 heteroatoms. The zero-order chi connectivity index (χ0) is 16.3. The molecule has 0 aliphatic heterocycles. The summed E-state index contributed by atoms with van der Waals surface area (Å²) in [5, 5.41) is 7.52. The van der Waals surface area contributed by atoms with E-state index in [0.29, 0.717) is 13.0 Å². The van der Waals surface area contributed by atoms with Crippen LogP contribution in [-0.2, 0) is 11.2 Å². The molecule has 1 aromatic heterocycles. The van der Waals surface area contributed by atoms with Crippen LogP contribution >= 0.6 is 0 Å². The lowest BCUT2D eigenvalue weighted by Crippen LogP contribution is -2.49. The second kappa shape index (κ2) is 6.32. The number of rotatable bonds is 5. The van der Waals surface area contributed by atoms with Crippen molar-refractivity contribution in [2.45, 2.75) is 39.7 Å². The molecule has 2 aromatic rings. The second-order valence-corrected chi connectivity index (χ2v) is 6.21. The molecule has 5 nitrogen and oxygen atoms in total. The minimum absolute atomic E-state index is 0.0331. The maximum absolute atomic E-state index is 12.2. The molecule has 0 radical (unpaired) electrons. The van der Waals surface area contributed by atoms with Crippen LogP contribution in [0.25, 0.3) is 5.69 Å². The third-order valence-electron chi connectivity index (χ3n) is 3.77. The third kappa shape index (κ3) is 3.54. The molecule has 118 valence electrons. The van der Waals surface area contributed by atoms with Crippen LogP contribution in [0, 0.1) is 13.8 Å². The zero-order valence-corrected chi connectivity index (χ0v) is 13.7. The smallest absolute Gasteiger partial charge is 0.225 e. The van der Waals surface area contributed by atoms with E-state index in [1.807, 2.05) is 62.7 Å². The Labute approximate surface area is 131 Å². The molecule has 0 unspecified atom stereocenters. The van der Waals surface area contributed by atoms with E-state index in [9.17, 15) is 4.79 Å². The van der Waals surface area contributed by atoms with Gasteiger partial charge in [-0.2, -0.15) is 5.10 Å². The number of nitrogens with two attached hydrogens (primary N) is 1. The molecule has 3 N–H and O–H groups in total. The average Bonchev–Trinajstić information content (AvgIpc) is 2.76. The number of hydrogen-bond donors (Lipinski definition) is 2. The number of nitrogens with zero attached hydrogens (tertiary/aromatic N) is 2. The summed E-state index contributed by atoms with van der Waals surface area (Å²) in [6.45, 7) is 8.16. The normalized spacial score (nSPS) is 11.5. The molecular weight excluding hydrogens is 276 g/mol. The van der Waals surface area contributed by atoms with Crippen LogP contribution in [0.15, 0.2) is 30.3 Å². The van der Waals surface area contributed by atoms with Crippen LogP contribution in [0.5, 0.6) is 0 Å². The summed E-state index contributed by atoms with van der Waals surface area (Å²) in [6, 6.07) is 9.92. The van der Waals surface area contributed by atoms with Crippen molar-refractivity contribution in [2.24, 2.45) is 5.73 Å². The predicted molar refractivity (Wildman–Crippen MR) is 88.0 cm³/mol. The molecule has 0 saturated carbocycles. The number of aromatic nitrogens is 2. The minimum atomic E-state index is -0.395. The van der Waals surface area contributed by atoms with Gasteiger partial charge < -0.3 is 11.1 Å². The van der Waals surface area contributed by atoms with E-state index in [4.69, 9.17) is 5.73 Å². The van der Waals surface area contributed by atoms with Gasteiger partial charge in [-0.15, -0.1) is 0 Å². The van der Waals surface area contributed by atoms with Crippen molar-refractivity contribution in [1.82, 2.24) is 15.1 Å². The lowest BCUT2D eigenvalue weighted by atomic mass is 10.0. The molecule has 22 heavy (non-hydrogen) atoms. The van der Waals surface area contributed by atoms with Gasteiger partial charge in [-0.25, -0.2) is 4.68 Å². The summed E-state index contributed by atoms with van der Waals surface area (Å²) >= 11 is 0. The van der Waals surface area contributed by atoms with Crippen molar-refractivity contribution in [1.29, 1.82) is 0 Å². The van der Waals surface area contributed by atoms with Crippen LogP contribution in [0.2, 0.25) is 0 Å². The Balaban J connectivity index is 2.23. The molecule has 1 amide bonds. The van der Waals surface area contributed by atoms with Crippen LogP contribution in [0.1, 0.15) is 30.8 Å². The molecule has 0 aliphatic carbocycles. The highest BCUT2D eigenvalue weighted by Crippen LogP contribution is 2.18. The van der Waals surface area contributed by atoms with Gasteiger partial charge in [0.05, 0.1) is 17.8 Å². The summed E-state index contributed by atoms with van der Waals surface area (Å²) in [6.07, 6.45) is 0.313. The number of benzene rings is 1. The molecule has 0 spiro atoms. The number of para-hydroxylation sites is 1. The van der Waals surface area contributed by atoms with Crippen LogP contribution in [0.4, 0.5) is 0 Å². The fraction of sp³-hybridized carbons (Fsp3) is 0.412. The first-order chi connectivity index (χ1) is 10.3. The van der Waals surface area contributed by atoms with Crippen molar-refractivity contribution in [3.8, 4) is 5.69 Å². The molecule has 0 aliphatic rings. The van der Waals surface area contributed by atoms with Crippen molar-refractivity contribution in [3.05, 3.63) is 47.3 Å². The van der Waals surface area contributed by atoms with Gasteiger partial charge in [-0.3, -0.25) is 4.79 Å². The first kappa shape index (κ1) is 16.2. The van der Waals surface area contributed by atoms with Gasteiger partial charge >= 0.3 is 0 Å². The van der Waals surface area contributed by atoms with Gasteiger partial charge in [-0.1, -0.05) is 18.2 Å². The van der Waals surface area contributed by atoms with Gasteiger partial charge in [0.15, 0.2) is 0 Å². The van der Waals surface area contributed by atoms with Crippen molar-refractivity contribution in [3.63, 3.8) is 0 Å². The van der Waals surface area contributed by atoms with Gasteiger partial charge in [-0.05, 0) is 39.8 Å². The van der Waals surface area contributed by atoms with Crippen LogP contribution < -0.4 is 11.1 Å². The van der Waals surface area contributed by atoms with E-state index in [1.54, 1.807) is 0 Å². The van der Waals surface area contributed by atoms with Gasteiger partial charge in [0.1, 0.15) is 0 Å². The lowest BCUT2D eigenvalue weighted by molar-refractivity contribution is -0.121. The van der Waals surface area contributed by atoms with E-state index in [-0.39, 0.29) is 5.91 Å². The number of carbonyl (C=O) groups is 1. The highest BCUT2D eigenvalue weighted by molar-refractivity contribution is 5.79. The predicted octanol–water partition coefficient (Wildman–Crippen LogP) is 1.89. The quantitative estimate of drug-likeness (QED) is 0.885. The molecular formula is C17H24N4O. The zero-order valence-electron chi connectivity index (χ0n) is 13.7. The summed E-state index contributed by atoms with van der Waals surface area (Å²) in [5.41, 5.74) is 9.09. The maximum Gasteiger partial charge on any atom is 0.225 e. The lowest BCUT2D eigenvalue weighted by Gasteiger charge is -2.24. The largest absolute Gasteiger partial charge is 0.350 e. The molecule has 2 rings (SSSR count). The van der Waals surface area contributed by atoms with E-state index in [1.165, 1.54) is 0 Å².